The van der Waals surface area contributed by atoms with Gasteiger partial charge in [-0.25, -0.2) is 0 Å². The van der Waals surface area contributed by atoms with Gasteiger partial charge in [0.1, 0.15) is 5.54 Å². The molecule has 3 aliphatic rings. The molecule has 0 spiro atoms. The zero-order chi connectivity index (χ0) is 20.6. The summed E-state index contributed by atoms with van der Waals surface area (Å²) >= 11 is 6.51. The number of amides is 2. The molecule has 1 saturated heterocycles. The van der Waals surface area contributed by atoms with Gasteiger partial charge in [-0.2, -0.15) is 0 Å². The van der Waals surface area contributed by atoms with Crippen molar-refractivity contribution in [2.45, 2.75) is 56.9 Å². The third kappa shape index (κ3) is 3.70. The van der Waals surface area contributed by atoms with Gasteiger partial charge in [-0.1, -0.05) is 29.8 Å². The first kappa shape index (κ1) is 20.4. The molecule has 0 N–H and O–H groups in total. The number of carbonyl (C=O) groups is 3. The molecule has 2 unspecified atom stereocenters. The molecule has 29 heavy (non-hydrogen) atoms. The first-order chi connectivity index (χ1) is 13.9. The summed E-state index contributed by atoms with van der Waals surface area (Å²) in [5, 5.41) is 0.525. The Hall–Kier alpha value is -1.88. The Kier molecular flexibility index (Phi) is 5.69. The average Bonchev–Trinajstić information content (AvgIpc) is 3.59. The van der Waals surface area contributed by atoms with Crippen LogP contribution in [-0.2, 0) is 19.9 Å². The van der Waals surface area contributed by atoms with Crippen LogP contribution in [0.25, 0.3) is 0 Å². The maximum atomic E-state index is 13.6. The number of likely N-dealkylation sites (N-methyl/N-ethyl adjacent to an activating group) is 1. The number of carbonyl (C=O) groups excluding carboxylic acids is 3. The highest BCUT2D eigenvalue weighted by atomic mass is 35.5. The van der Waals surface area contributed by atoms with Gasteiger partial charge >= 0.3 is 0 Å². The number of piperidine rings is 1. The van der Waals surface area contributed by atoms with Gasteiger partial charge < -0.3 is 9.80 Å². The monoisotopic (exact) mass is 416 g/mol. The summed E-state index contributed by atoms with van der Waals surface area (Å²) in [5.74, 6) is 0.115. The molecular weight excluding hydrogens is 388 g/mol. The van der Waals surface area contributed by atoms with Gasteiger partial charge in [0, 0.05) is 43.1 Å². The molecule has 1 aromatic carbocycles. The van der Waals surface area contributed by atoms with Gasteiger partial charge in [0.2, 0.25) is 11.8 Å². The Labute approximate surface area is 177 Å². The average molecular weight is 417 g/mol. The van der Waals surface area contributed by atoms with Crippen LogP contribution in [-0.4, -0.2) is 47.5 Å². The van der Waals surface area contributed by atoms with E-state index in [0.717, 1.165) is 50.6 Å². The minimum atomic E-state index is -1.00. The van der Waals surface area contributed by atoms with Crippen LogP contribution in [0.3, 0.4) is 0 Å². The standard InChI is InChI=1S/C23H29ClN2O3/c1-25(21(28)17-7-6-14-26(15-17)22(29)16-11-12-16)23(13-5-4-10-20(23)27)18-8-2-3-9-19(18)24/h2-3,8-9,16-17H,4-7,10-15H2,1H3. The topological polar surface area (TPSA) is 57.7 Å². The van der Waals surface area contributed by atoms with Crippen LogP contribution >= 0.6 is 11.6 Å². The predicted molar refractivity (Wildman–Crippen MR) is 111 cm³/mol. The van der Waals surface area contributed by atoms with Crippen molar-refractivity contribution in [2.75, 3.05) is 20.1 Å². The van der Waals surface area contributed by atoms with Crippen LogP contribution in [0.1, 0.15) is 56.9 Å². The van der Waals surface area contributed by atoms with E-state index in [1.807, 2.05) is 23.1 Å². The number of ketones is 1. The Morgan fingerprint density at radius 1 is 1.10 bits per heavy atom. The number of hydrogen-bond acceptors (Lipinski definition) is 3. The molecule has 4 rings (SSSR count). The minimum absolute atomic E-state index is 0.0477. The van der Waals surface area contributed by atoms with Crippen LogP contribution < -0.4 is 0 Å². The lowest BCUT2D eigenvalue weighted by Gasteiger charge is -2.46. The lowest BCUT2D eigenvalue weighted by molar-refractivity contribution is -0.153. The molecule has 2 amide bonds. The summed E-state index contributed by atoms with van der Waals surface area (Å²) in [7, 11) is 1.75. The molecule has 0 bridgehead atoms. The van der Waals surface area contributed by atoms with E-state index in [1.165, 1.54) is 0 Å². The smallest absolute Gasteiger partial charge is 0.228 e. The molecule has 5 nitrogen and oxygen atoms in total. The molecule has 3 fully saturated rings. The van der Waals surface area contributed by atoms with Crippen LogP contribution in [0.15, 0.2) is 24.3 Å². The third-order valence-corrected chi connectivity index (χ3v) is 7.21. The molecule has 1 heterocycles. The van der Waals surface area contributed by atoms with E-state index in [1.54, 1.807) is 18.0 Å². The summed E-state index contributed by atoms with van der Waals surface area (Å²) in [6, 6.07) is 7.38. The fourth-order valence-corrected chi connectivity index (χ4v) is 5.35. The maximum absolute atomic E-state index is 13.6. The van der Waals surface area contributed by atoms with Crippen molar-refractivity contribution in [1.82, 2.24) is 9.80 Å². The van der Waals surface area contributed by atoms with E-state index in [9.17, 15) is 14.4 Å². The second kappa shape index (κ2) is 8.10. The Balaban J connectivity index is 1.61. The van der Waals surface area contributed by atoms with E-state index < -0.39 is 5.54 Å². The largest absolute Gasteiger partial charge is 0.342 e. The summed E-state index contributed by atoms with van der Waals surface area (Å²) in [5.41, 5.74) is -0.278. The highest BCUT2D eigenvalue weighted by molar-refractivity contribution is 6.31. The van der Waals surface area contributed by atoms with Gasteiger partial charge in [-0.05, 0) is 51.0 Å². The first-order valence-corrected chi connectivity index (χ1v) is 11.2. The normalized spacial score (nSPS) is 27.6. The Morgan fingerprint density at radius 2 is 1.86 bits per heavy atom. The fourth-order valence-electron chi connectivity index (χ4n) is 5.06. The van der Waals surface area contributed by atoms with Crippen LogP contribution in [0.2, 0.25) is 5.02 Å². The highest BCUT2D eigenvalue weighted by Crippen LogP contribution is 2.43. The number of rotatable bonds is 4. The molecule has 0 radical (unpaired) electrons. The summed E-state index contributed by atoms with van der Waals surface area (Å²) in [4.78, 5) is 42.9. The van der Waals surface area contributed by atoms with E-state index in [2.05, 4.69) is 0 Å². The Morgan fingerprint density at radius 3 is 2.55 bits per heavy atom. The van der Waals surface area contributed by atoms with Crippen LogP contribution in [0, 0.1) is 11.8 Å². The predicted octanol–water partition coefficient (Wildman–Crippen LogP) is 3.79. The molecular formula is C23H29ClN2O3. The van der Waals surface area contributed by atoms with Crippen molar-refractivity contribution in [3.63, 3.8) is 0 Å². The van der Waals surface area contributed by atoms with Crippen molar-refractivity contribution in [2.24, 2.45) is 11.8 Å². The highest BCUT2D eigenvalue weighted by Gasteiger charge is 2.49. The maximum Gasteiger partial charge on any atom is 0.228 e. The SMILES string of the molecule is CN(C(=O)C1CCCN(C(=O)C2CC2)C1)C1(c2ccccc2Cl)CCCCC1=O. The van der Waals surface area contributed by atoms with Crippen molar-refractivity contribution in [3.8, 4) is 0 Å². The Bertz CT molecular complexity index is 822. The number of benzene rings is 1. The van der Waals surface area contributed by atoms with Gasteiger partial charge in [-0.15, -0.1) is 0 Å². The van der Waals surface area contributed by atoms with Crippen molar-refractivity contribution in [1.29, 1.82) is 0 Å². The van der Waals surface area contributed by atoms with Gasteiger partial charge in [-0.3, -0.25) is 14.4 Å². The molecule has 6 heteroatoms. The van der Waals surface area contributed by atoms with Gasteiger partial charge in [0.15, 0.2) is 5.78 Å². The zero-order valence-corrected chi connectivity index (χ0v) is 17.8. The quantitative estimate of drug-likeness (QED) is 0.750. The fraction of sp³-hybridized carbons (Fsp3) is 0.609. The van der Waals surface area contributed by atoms with Crippen molar-refractivity contribution < 1.29 is 14.4 Å². The van der Waals surface area contributed by atoms with Gasteiger partial charge in [0.05, 0.1) is 5.92 Å². The van der Waals surface area contributed by atoms with Crippen molar-refractivity contribution >= 4 is 29.2 Å². The zero-order valence-electron chi connectivity index (χ0n) is 17.0. The second-order valence-electron chi connectivity index (χ2n) is 8.77. The number of likely N-dealkylation sites (tertiary alicyclic amines) is 1. The van der Waals surface area contributed by atoms with Gasteiger partial charge in [0.25, 0.3) is 0 Å². The summed E-state index contributed by atoms with van der Waals surface area (Å²) in [6.07, 6.45) is 6.30. The molecule has 2 saturated carbocycles. The first-order valence-electron chi connectivity index (χ1n) is 10.8. The van der Waals surface area contributed by atoms with Crippen molar-refractivity contribution in [3.05, 3.63) is 34.9 Å². The number of Topliss-reactive ketones (excluding diaryl/α,β-unsaturated/α-hetero) is 1. The molecule has 1 aliphatic heterocycles. The summed E-state index contributed by atoms with van der Waals surface area (Å²) in [6.45, 7) is 1.20. The van der Waals surface area contributed by atoms with E-state index in [4.69, 9.17) is 11.6 Å². The molecule has 0 aromatic heterocycles. The molecule has 2 atom stereocenters. The second-order valence-corrected chi connectivity index (χ2v) is 9.17. The molecule has 1 aromatic rings. The van der Waals surface area contributed by atoms with E-state index >= 15 is 0 Å². The lowest BCUT2D eigenvalue weighted by atomic mass is 9.73. The van der Waals surface area contributed by atoms with Crippen LogP contribution in [0.4, 0.5) is 0 Å². The van der Waals surface area contributed by atoms with Crippen LogP contribution in [0.5, 0.6) is 0 Å². The molecule has 156 valence electrons. The number of halogens is 1. The number of nitrogens with zero attached hydrogens (tertiary/aromatic N) is 2. The number of hydrogen-bond donors (Lipinski definition) is 0. The molecule has 2 aliphatic carbocycles. The summed E-state index contributed by atoms with van der Waals surface area (Å²) < 4.78 is 0. The van der Waals surface area contributed by atoms with E-state index in [-0.39, 0.29) is 29.4 Å². The third-order valence-electron chi connectivity index (χ3n) is 6.89. The minimum Gasteiger partial charge on any atom is -0.342 e. The lowest BCUT2D eigenvalue weighted by Crippen LogP contribution is -2.57. The van der Waals surface area contributed by atoms with E-state index in [0.29, 0.717) is 24.4 Å².